The van der Waals surface area contributed by atoms with Crippen molar-refractivity contribution in [1.82, 2.24) is 0 Å². The highest BCUT2D eigenvalue weighted by Crippen LogP contribution is 2.30. The summed E-state index contributed by atoms with van der Waals surface area (Å²) in [6, 6.07) is 11.7. The molecule has 0 aliphatic carbocycles. The van der Waals surface area contributed by atoms with Crippen molar-refractivity contribution in [2.45, 2.75) is 24.7 Å². The lowest BCUT2D eigenvalue weighted by Gasteiger charge is -2.17. The summed E-state index contributed by atoms with van der Waals surface area (Å²) in [5, 5.41) is 0. The minimum absolute atomic E-state index is 0.145. The molecular weight excluding hydrogens is 288 g/mol. The summed E-state index contributed by atoms with van der Waals surface area (Å²) in [6.45, 7) is 2.55. The van der Waals surface area contributed by atoms with Crippen LogP contribution in [0.2, 0.25) is 0 Å². The molecule has 1 heterocycles. The topological polar surface area (TPSA) is 52.6 Å². The minimum Gasteiger partial charge on any atom is -0.493 e. The van der Waals surface area contributed by atoms with Crippen molar-refractivity contribution in [2.75, 3.05) is 6.61 Å². The molecule has 0 saturated heterocycles. The normalized spacial score (nSPS) is 14.1. The molecule has 0 saturated carbocycles. The predicted molar refractivity (Wildman–Crippen MR) is 79.3 cm³/mol. The maximum absolute atomic E-state index is 12.2. The van der Waals surface area contributed by atoms with Gasteiger partial charge in [-0.25, -0.2) is 0 Å². The molecule has 0 unspecified atom stereocenters. The van der Waals surface area contributed by atoms with Crippen molar-refractivity contribution in [1.29, 1.82) is 0 Å². The van der Waals surface area contributed by atoms with Gasteiger partial charge in [-0.1, -0.05) is 23.8 Å². The average molecular weight is 304 g/mol. The summed E-state index contributed by atoms with van der Waals surface area (Å²) in [4.78, 5) is 0.145. The quantitative estimate of drug-likeness (QED) is 0.818. The summed E-state index contributed by atoms with van der Waals surface area (Å²) in [7, 11) is -3.81. The molecule has 0 bridgehead atoms. The number of aryl methyl sites for hydroxylation is 2. The number of fused-ring (bicyclic) bond motifs is 1. The maximum Gasteiger partial charge on any atom is 0.339 e. The predicted octanol–water partition coefficient (Wildman–Crippen LogP) is 3.09. The van der Waals surface area contributed by atoms with Crippen LogP contribution in [0, 0.1) is 6.92 Å². The fourth-order valence-electron chi connectivity index (χ4n) is 2.25. The van der Waals surface area contributed by atoms with E-state index in [4.69, 9.17) is 8.92 Å². The SMILES string of the molecule is Cc1ccc(S(=O)(=O)Oc2ccc3c(c2)OCCC3)cc1. The van der Waals surface area contributed by atoms with Gasteiger partial charge in [-0.05, 0) is 43.5 Å². The Bertz CT molecular complexity index is 748. The molecule has 0 atom stereocenters. The van der Waals surface area contributed by atoms with Crippen LogP contribution in [0.15, 0.2) is 47.4 Å². The molecule has 0 radical (unpaired) electrons. The van der Waals surface area contributed by atoms with Crippen LogP contribution >= 0.6 is 0 Å². The summed E-state index contributed by atoms with van der Waals surface area (Å²) >= 11 is 0. The van der Waals surface area contributed by atoms with Gasteiger partial charge in [0.1, 0.15) is 16.4 Å². The standard InChI is InChI=1S/C16H16O4S/c1-12-4-8-15(9-5-12)21(17,18)20-14-7-6-13-3-2-10-19-16(13)11-14/h4-9,11H,2-3,10H2,1H3. The van der Waals surface area contributed by atoms with E-state index in [1.165, 1.54) is 0 Å². The third-order valence-electron chi connectivity index (χ3n) is 3.40. The van der Waals surface area contributed by atoms with Crippen molar-refractivity contribution in [2.24, 2.45) is 0 Å². The van der Waals surface area contributed by atoms with Crippen LogP contribution in [-0.2, 0) is 16.5 Å². The lowest BCUT2D eigenvalue weighted by Crippen LogP contribution is -2.11. The van der Waals surface area contributed by atoms with Crippen molar-refractivity contribution in [3.05, 3.63) is 53.6 Å². The van der Waals surface area contributed by atoms with Crippen LogP contribution in [0.25, 0.3) is 0 Å². The van der Waals surface area contributed by atoms with Crippen molar-refractivity contribution >= 4 is 10.1 Å². The molecule has 0 N–H and O–H groups in total. The second kappa shape index (κ2) is 5.41. The number of ether oxygens (including phenoxy) is 1. The highest BCUT2D eigenvalue weighted by molar-refractivity contribution is 7.87. The van der Waals surface area contributed by atoms with Crippen molar-refractivity contribution in [3.63, 3.8) is 0 Å². The van der Waals surface area contributed by atoms with E-state index >= 15 is 0 Å². The zero-order valence-electron chi connectivity index (χ0n) is 11.7. The third kappa shape index (κ3) is 3.03. The third-order valence-corrected chi connectivity index (χ3v) is 4.66. The first-order valence-corrected chi connectivity index (χ1v) is 8.22. The molecule has 0 spiro atoms. The van der Waals surface area contributed by atoms with Gasteiger partial charge in [0, 0.05) is 6.07 Å². The van der Waals surface area contributed by atoms with Gasteiger partial charge in [0.05, 0.1) is 6.61 Å². The summed E-state index contributed by atoms with van der Waals surface area (Å²) < 4.78 is 35.1. The van der Waals surface area contributed by atoms with E-state index in [0.717, 1.165) is 24.0 Å². The van der Waals surface area contributed by atoms with E-state index < -0.39 is 10.1 Å². The molecule has 3 rings (SSSR count). The molecule has 0 fully saturated rings. The maximum atomic E-state index is 12.2. The Morgan fingerprint density at radius 3 is 2.62 bits per heavy atom. The van der Waals surface area contributed by atoms with Gasteiger partial charge in [0.25, 0.3) is 0 Å². The summed E-state index contributed by atoms with van der Waals surface area (Å²) in [5.74, 6) is 0.981. The lowest BCUT2D eigenvalue weighted by atomic mass is 10.1. The molecule has 1 aliphatic heterocycles. The minimum atomic E-state index is -3.81. The van der Waals surface area contributed by atoms with Gasteiger partial charge in [-0.3, -0.25) is 0 Å². The molecular formula is C16H16O4S. The van der Waals surface area contributed by atoms with Gasteiger partial charge in [-0.15, -0.1) is 0 Å². The van der Waals surface area contributed by atoms with Crippen LogP contribution in [0.3, 0.4) is 0 Å². The fraction of sp³-hybridized carbons (Fsp3) is 0.250. The molecule has 4 nitrogen and oxygen atoms in total. The van der Waals surface area contributed by atoms with Crippen molar-refractivity contribution in [3.8, 4) is 11.5 Å². The van der Waals surface area contributed by atoms with Crippen molar-refractivity contribution < 1.29 is 17.3 Å². The van der Waals surface area contributed by atoms with E-state index in [-0.39, 0.29) is 10.6 Å². The first kappa shape index (κ1) is 13.9. The van der Waals surface area contributed by atoms with Crippen LogP contribution in [0.4, 0.5) is 0 Å². The Balaban J connectivity index is 1.87. The van der Waals surface area contributed by atoms with E-state index in [1.54, 1.807) is 36.4 Å². The Morgan fingerprint density at radius 2 is 1.86 bits per heavy atom. The first-order valence-electron chi connectivity index (χ1n) is 6.81. The van der Waals surface area contributed by atoms with Crippen LogP contribution in [0.1, 0.15) is 17.5 Å². The Morgan fingerprint density at radius 1 is 1.10 bits per heavy atom. The van der Waals surface area contributed by atoms with E-state index in [1.807, 2.05) is 13.0 Å². The van der Waals surface area contributed by atoms with E-state index in [0.29, 0.717) is 12.4 Å². The molecule has 1 aliphatic rings. The second-order valence-electron chi connectivity index (χ2n) is 5.07. The molecule has 0 amide bonds. The van der Waals surface area contributed by atoms with E-state index in [9.17, 15) is 8.42 Å². The first-order chi connectivity index (χ1) is 10.0. The molecule has 2 aromatic carbocycles. The number of rotatable bonds is 3. The highest BCUT2D eigenvalue weighted by atomic mass is 32.2. The molecule has 21 heavy (non-hydrogen) atoms. The Hall–Kier alpha value is -2.01. The summed E-state index contributed by atoms with van der Waals surface area (Å²) in [5.41, 5.74) is 2.08. The van der Waals surface area contributed by atoms with Gasteiger partial charge in [-0.2, -0.15) is 8.42 Å². The second-order valence-corrected chi connectivity index (χ2v) is 6.62. The van der Waals surface area contributed by atoms with Gasteiger partial charge in [0.15, 0.2) is 0 Å². The van der Waals surface area contributed by atoms with E-state index in [2.05, 4.69) is 0 Å². The molecule has 110 valence electrons. The number of hydrogen-bond donors (Lipinski definition) is 0. The number of hydrogen-bond acceptors (Lipinski definition) is 4. The van der Waals surface area contributed by atoms with Crippen LogP contribution in [-0.4, -0.2) is 15.0 Å². The van der Waals surface area contributed by atoms with Gasteiger partial charge < -0.3 is 8.92 Å². The largest absolute Gasteiger partial charge is 0.493 e. The monoisotopic (exact) mass is 304 g/mol. The van der Waals surface area contributed by atoms with Gasteiger partial charge in [0.2, 0.25) is 0 Å². The smallest absolute Gasteiger partial charge is 0.339 e. The van der Waals surface area contributed by atoms with Crippen LogP contribution < -0.4 is 8.92 Å². The molecule has 5 heteroatoms. The Kier molecular flexibility index (Phi) is 3.59. The fourth-order valence-corrected chi connectivity index (χ4v) is 3.17. The van der Waals surface area contributed by atoms with Crippen LogP contribution in [0.5, 0.6) is 11.5 Å². The lowest BCUT2D eigenvalue weighted by molar-refractivity contribution is 0.287. The summed E-state index contributed by atoms with van der Waals surface area (Å²) in [6.07, 6.45) is 1.93. The molecule has 0 aromatic heterocycles. The zero-order chi connectivity index (χ0) is 14.9. The van der Waals surface area contributed by atoms with Gasteiger partial charge >= 0.3 is 10.1 Å². The molecule has 2 aromatic rings. The highest BCUT2D eigenvalue weighted by Gasteiger charge is 2.18. The average Bonchev–Trinajstić information content (AvgIpc) is 2.47. The number of benzene rings is 2. The zero-order valence-corrected chi connectivity index (χ0v) is 12.5. The Labute approximate surface area is 124 Å².